The van der Waals surface area contributed by atoms with E-state index in [1.165, 1.54) is 45.8 Å². The Labute approximate surface area is 174 Å². The van der Waals surface area contributed by atoms with E-state index in [-0.39, 0.29) is 20.9 Å². The van der Waals surface area contributed by atoms with E-state index >= 15 is 0 Å². The Kier molecular flexibility index (Phi) is 8.02. The Morgan fingerprint density at radius 3 is 2.15 bits per heavy atom. The predicted molar refractivity (Wildman–Crippen MR) is 120 cm³/mol. The van der Waals surface area contributed by atoms with Crippen LogP contribution in [0.5, 0.6) is 0 Å². The molecule has 0 radical (unpaired) electrons. The molecular weight excluding hydrogens is 463 g/mol. The van der Waals surface area contributed by atoms with Crippen molar-refractivity contribution < 1.29 is 4.57 Å². The number of unbranched alkanes of at least 4 members (excludes halogenated alkanes) is 1. The Hall–Kier alpha value is -1.06. The van der Waals surface area contributed by atoms with Crippen LogP contribution >= 0.6 is 7.14 Å². The van der Waals surface area contributed by atoms with E-state index in [1.54, 1.807) is 0 Å². The molecule has 0 aromatic heterocycles. The summed E-state index contributed by atoms with van der Waals surface area (Å²) in [5.41, 5.74) is 1.49. The second-order valence-corrected chi connectivity index (χ2v) is 12.9. The molecule has 0 amide bonds. The zero-order chi connectivity index (χ0) is 19.0. The monoisotopic (exact) mass is 494 g/mol. The van der Waals surface area contributed by atoms with Gasteiger partial charge in [0, 0.05) is 0 Å². The Morgan fingerprint density at radius 1 is 1.00 bits per heavy atom. The maximum atomic E-state index is 14.4. The Bertz CT molecular complexity index is 780. The van der Waals surface area contributed by atoms with Crippen molar-refractivity contribution in [2.24, 2.45) is 0 Å². The van der Waals surface area contributed by atoms with Crippen LogP contribution in [0.3, 0.4) is 0 Å². The van der Waals surface area contributed by atoms with Crippen molar-refractivity contribution in [3.8, 4) is 0 Å². The maximum absolute atomic E-state index is 14.4. The van der Waals surface area contributed by atoms with Gasteiger partial charge in [0.1, 0.15) is 0 Å². The molecule has 0 aliphatic heterocycles. The van der Waals surface area contributed by atoms with E-state index in [1.807, 2.05) is 60.7 Å². The first-order valence-corrected chi connectivity index (χ1v) is 14.6. The predicted octanol–water partition coefficient (Wildman–Crippen LogP) is 6.26. The van der Waals surface area contributed by atoms with Crippen molar-refractivity contribution in [1.82, 2.24) is 0 Å². The van der Waals surface area contributed by atoms with Gasteiger partial charge in [0.15, 0.2) is 0 Å². The molecule has 0 saturated carbocycles. The number of allylic oxidation sites excluding steroid dienone is 3. The average molecular weight is 492 g/mol. The fraction of sp³-hybridized carbons (Fsp3) is 0.333. The Balaban J connectivity index is 2.08. The second-order valence-electron chi connectivity index (χ2n) is 7.00. The molecule has 0 heterocycles. The summed E-state index contributed by atoms with van der Waals surface area (Å²) in [4.78, 5) is 0. The fourth-order valence-corrected chi connectivity index (χ4v) is 10.6. The fourth-order valence-electron chi connectivity index (χ4n) is 3.36. The van der Waals surface area contributed by atoms with Crippen molar-refractivity contribution in [3.05, 3.63) is 81.8 Å². The van der Waals surface area contributed by atoms with Gasteiger partial charge in [-0.2, -0.15) is 0 Å². The molecule has 0 spiro atoms. The summed E-state index contributed by atoms with van der Waals surface area (Å²) in [5.74, 6) is 2.20. The summed E-state index contributed by atoms with van der Waals surface area (Å²) < 4.78 is 17.2. The van der Waals surface area contributed by atoms with Crippen molar-refractivity contribution in [3.63, 3.8) is 0 Å². The SMILES string of the molecule is CCCC[Te]/C(=C\P(=O)(c1ccccc1)c1ccccc1)C1=CCCCC1. The molecule has 0 saturated heterocycles. The van der Waals surface area contributed by atoms with E-state index in [0.29, 0.717) is 0 Å². The topological polar surface area (TPSA) is 17.1 Å². The van der Waals surface area contributed by atoms with Crippen LogP contribution in [0.1, 0.15) is 45.4 Å². The van der Waals surface area contributed by atoms with Gasteiger partial charge < -0.3 is 0 Å². The molecule has 0 N–H and O–H groups in total. The second kappa shape index (κ2) is 10.5. The number of benzene rings is 2. The van der Waals surface area contributed by atoms with Gasteiger partial charge in [0.2, 0.25) is 0 Å². The van der Waals surface area contributed by atoms with Gasteiger partial charge in [-0.05, 0) is 0 Å². The van der Waals surface area contributed by atoms with Gasteiger partial charge in [0.05, 0.1) is 0 Å². The quantitative estimate of drug-likeness (QED) is 0.242. The van der Waals surface area contributed by atoms with E-state index in [0.717, 1.165) is 17.0 Å². The summed E-state index contributed by atoms with van der Waals surface area (Å²) in [6, 6.07) is 20.2. The van der Waals surface area contributed by atoms with E-state index in [2.05, 4.69) is 18.8 Å². The molecule has 0 bridgehead atoms. The van der Waals surface area contributed by atoms with Crippen LogP contribution in [0.2, 0.25) is 4.47 Å². The van der Waals surface area contributed by atoms with Crippen molar-refractivity contribution >= 4 is 38.7 Å². The van der Waals surface area contributed by atoms with Crippen LogP contribution < -0.4 is 10.6 Å². The normalized spacial score (nSPS) is 15.4. The first-order chi connectivity index (χ1) is 13.2. The third-order valence-corrected chi connectivity index (χ3v) is 11.6. The number of hydrogen-bond donors (Lipinski definition) is 0. The molecule has 3 rings (SSSR count). The summed E-state index contributed by atoms with van der Waals surface area (Å²) in [7, 11) is -2.77. The molecule has 1 nitrogen and oxygen atoms in total. The van der Waals surface area contributed by atoms with Crippen LogP contribution in [0.25, 0.3) is 0 Å². The van der Waals surface area contributed by atoms with Crippen LogP contribution in [-0.4, -0.2) is 20.9 Å². The van der Waals surface area contributed by atoms with Crippen LogP contribution in [0, 0.1) is 0 Å². The van der Waals surface area contributed by atoms with Gasteiger partial charge in [0.25, 0.3) is 0 Å². The van der Waals surface area contributed by atoms with Gasteiger partial charge in [-0.3, -0.25) is 0 Å². The van der Waals surface area contributed by atoms with Gasteiger partial charge in [-0.1, -0.05) is 0 Å². The van der Waals surface area contributed by atoms with Crippen molar-refractivity contribution in [2.45, 2.75) is 49.9 Å². The van der Waals surface area contributed by atoms with Crippen molar-refractivity contribution in [1.29, 1.82) is 0 Å². The van der Waals surface area contributed by atoms with Crippen LogP contribution in [-0.2, 0) is 4.57 Å². The zero-order valence-electron chi connectivity index (χ0n) is 16.1. The first-order valence-electron chi connectivity index (χ1n) is 10.00. The average Bonchev–Trinajstić information content (AvgIpc) is 2.75. The Morgan fingerprint density at radius 2 is 1.63 bits per heavy atom. The molecule has 27 heavy (non-hydrogen) atoms. The van der Waals surface area contributed by atoms with E-state index < -0.39 is 7.14 Å². The minimum absolute atomic E-state index is 0.308. The molecule has 1 aliphatic rings. The van der Waals surface area contributed by atoms with Crippen LogP contribution in [0.15, 0.2) is 81.8 Å². The third kappa shape index (κ3) is 5.48. The molecular formula is C24H29OPTe. The van der Waals surface area contributed by atoms with Crippen molar-refractivity contribution in [2.75, 3.05) is 0 Å². The molecule has 2 aromatic rings. The number of rotatable bonds is 8. The van der Waals surface area contributed by atoms with E-state index in [9.17, 15) is 4.57 Å². The van der Waals surface area contributed by atoms with Gasteiger partial charge in [-0.25, -0.2) is 0 Å². The van der Waals surface area contributed by atoms with Crippen LogP contribution in [0.4, 0.5) is 0 Å². The molecule has 142 valence electrons. The van der Waals surface area contributed by atoms with Gasteiger partial charge >= 0.3 is 175 Å². The molecule has 0 unspecified atom stereocenters. The molecule has 0 atom stereocenters. The summed E-state index contributed by atoms with van der Waals surface area (Å²) in [5, 5.41) is 1.90. The summed E-state index contributed by atoms with van der Waals surface area (Å²) in [6.07, 6.45) is 9.85. The van der Waals surface area contributed by atoms with E-state index in [4.69, 9.17) is 0 Å². The van der Waals surface area contributed by atoms with Gasteiger partial charge in [-0.15, -0.1) is 0 Å². The zero-order valence-corrected chi connectivity index (χ0v) is 19.4. The first kappa shape index (κ1) is 20.7. The standard InChI is InChI=1S/C24H29OPTe/c1-2-3-19-27-24(21-13-7-4-8-14-21)20-26(25,22-15-9-5-10-16-22)23-17-11-6-12-18-23/h5-6,9-13,15-18,20H,2-4,7-8,14,19H2,1H3/b24-20-. The molecule has 1 aliphatic carbocycles. The molecule has 2 aromatic carbocycles. The molecule has 3 heteroatoms. The third-order valence-electron chi connectivity index (χ3n) is 4.94. The molecule has 0 fully saturated rings. The number of hydrogen-bond acceptors (Lipinski definition) is 1. The summed E-state index contributed by atoms with van der Waals surface area (Å²) in [6.45, 7) is 2.26. The minimum atomic E-state index is -2.77. The summed E-state index contributed by atoms with van der Waals surface area (Å²) >= 11 is -0.308.